The van der Waals surface area contributed by atoms with E-state index < -0.39 is 6.10 Å². The molecule has 0 aliphatic rings. The first-order chi connectivity index (χ1) is 6.27. The first-order valence-electron chi connectivity index (χ1n) is 4.24. The van der Waals surface area contributed by atoms with Gasteiger partial charge in [0.1, 0.15) is 0 Å². The lowest BCUT2D eigenvalue weighted by Crippen LogP contribution is -2.11. The lowest BCUT2D eigenvalue weighted by atomic mass is 10.1. The molecule has 0 saturated heterocycles. The Labute approximate surface area is 78.1 Å². The highest BCUT2D eigenvalue weighted by molar-refractivity contribution is 5.24. The van der Waals surface area contributed by atoms with Crippen LogP contribution >= 0.6 is 0 Å². The molecule has 0 fully saturated rings. The number of rotatable bonds is 4. The van der Waals surface area contributed by atoms with Crippen LogP contribution in [0.4, 0.5) is 0 Å². The normalized spacial score (nSPS) is 12.8. The van der Waals surface area contributed by atoms with Gasteiger partial charge in [-0.2, -0.15) is 0 Å². The molecule has 0 aromatic heterocycles. The van der Waals surface area contributed by atoms with Crippen LogP contribution in [0.25, 0.3) is 0 Å². The van der Waals surface area contributed by atoms with Crippen molar-refractivity contribution in [2.75, 3.05) is 13.7 Å². The van der Waals surface area contributed by atoms with Gasteiger partial charge in [0, 0.05) is 13.7 Å². The standard InChI is InChI=1S/C10H15NO2/c1-13-7-8-3-2-4-9(5-8)10(12)6-11/h2-5,10,12H,6-7,11H2,1H3/t10-/m0/s1. The summed E-state index contributed by atoms with van der Waals surface area (Å²) in [5.74, 6) is 0. The topological polar surface area (TPSA) is 55.5 Å². The molecule has 0 aliphatic heterocycles. The maximum absolute atomic E-state index is 9.46. The van der Waals surface area contributed by atoms with E-state index in [4.69, 9.17) is 10.5 Å². The molecule has 0 spiro atoms. The molecule has 1 atom stereocenters. The number of ether oxygens (including phenoxy) is 1. The third kappa shape index (κ3) is 2.81. The van der Waals surface area contributed by atoms with Crippen molar-refractivity contribution in [2.45, 2.75) is 12.7 Å². The molecule has 13 heavy (non-hydrogen) atoms. The van der Waals surface area contributed by atoms with Gasteiger partial charge in [0.15, 0.2) is 0 Å². The highest BCUT2D eigenvalue weighted by atomic mass is 16.5. The summed E-state index contributed by atoms with van der Waals surface area (Å²) < 4.78 is 4.98. The molecule has 3 N–H and O–H groups in total. The van der Waals surface area contributed by atoms with Gasteiger partial charge in [-0.3, -0.25) is 0 Å². The van der Waals surface area contributed by atoms with Crippen molar-refractivity contribution >= 4 is 0 Å². The minimum atomic E-state index is -0.572. The first-order valence-corrected chi connectivity index (χ1v) is 4.24. The van der Waals surface area contributed by atoms with Crippen LogP contribution in [0.15, 0.2) is 24.3 Å². The lowest BCUT2D eigenvalue weighted by molar-refractivity contribution is 0.180. The molecule has 0 saturated carbocycles. The molecule has 0 aliphatic carbocycles. The smallest absolute Gasteiger partial charge is 0.0912 e. The average molecular weight is 181 g/mol. The van der Waals surface area contributed by atoms with Crippen LogP contribution in [0.2, 0.25) is 0 Å². The number of hydrogen-bond acceptors (Lipinski definition) is 3. The summed E-state index contributed by atoms with van der Waals surface area (Å²) in [7, 11) is 1.64. The predicted molar refractivity (Wildman–Crippen MR) is 51.2 cm³/mol. The second-order valence-corrected chi connectivity index (χ2v) is 2.93. The SMILES string of the molecule is COCc1cccc([C@@H](O)CN)c1. The monoisotopic (exact) mass is 181 g/mol. The van der Waals surface area contributed by atoms with Crippen LogP contribution in [0, 0.1) is 0 Å². The number of aliphatic hydroxyl groups is 1. The lowest BCUT2D eigenvalue weighted by Gasteiger charge is -2.09. The minimum Gasteiger partial charge on any atom is -0.387 e. The van der Waals surface area contributed by atoms with Crippen molar-refractivity contribution in [3.63, 3.8) is 0 Å². The molecular weight excluding hydrogens is 166 g/mol. The Bertz CT molecular complexity index is 263. The van der Waals surface area contributed by atoms with Gasteiger partial charge in [-0.05, 0) is 11.1 Å². The van der Waals surface area contributed by atoms with E-state index in [9.17, 15) is 5.11 Å². The number of methoxy groups -OCH3 is 1. The van der Waals surface area contributed by atoms with Crippen molar-refractivity contribution in [3.05, 3.63) is 35.4 Å². The summed E-state index contributed by atoms with van der Waals surface area (Å²) in [6.45, 7) is 0.807. The quantitative estimate of drug-likeness (QED) is 0.723. The number of benzene rings is 1. The molecule has 3 nitrogen and oxygen atoms in total. The summed E-state index contributed by atoms with van der Waals surface area (Å²) in [5, 5.41) is 9.46. The molecule has 0 radical (unpaired) electrons. The maximum Gasteiger partial charge on any atom is 0.0912 e. The van der Waals surface area contributed by atoms with Crippen LogP contribution in [-0.2, 0) is 11.3 Å². The summed E-state index contributed by atoms with van der Waals surface area (Å²) >= 11 is 0. The zero-order valence-corrected chi connectivity index (χ0v) is 7.73. The van der Waals surface area contributed by atoms with Crippen LogP contribution < -0.4 is 5.73 Å². The molecule has 0 heterocycles. The highest BCUT2D eigenvalue weighted by Crippen LogP contribution is 2.13. The van der Waals surface area contributed by atoms with Crippen LogP contribution in [0.5, 0.6) is 0 Å². The molecule has 72 valence electrons. The third-order valence-corrected chi connectivity index (χ3v) is 1.87. The molecule has 1 aromatic carbocycles. The van der Waals surface area contributed by atoms with Gasteiger partial charge in [0.25, 0.3) is 0 Å². The Morgan fingerprint density at radius 3 is 2.92 bits per heavy atom. The predicted octanol–water partition coefficient (Wildman–Crippen LogP) is 0.825. The largest absolute Gasteiger partial charge is 0.387 e. The molecule has 3 heteroatoms. The number of aliphatic hydroxyl groups excluding tert-OH is 1. The fourth-order valence-corrected chi connectivity index (χ4v) is 1.19. The minimum absolute atomic E-state index is 0.246. The third-order valence-electron chi connectivity index (χ3n) is 1.87. The Hall–Kier alpha value is -0.900. The van der Waals surface area contributed by atoms with E-state index in [-0.39, 0.29) is 6.54 Å². The Kier molecular flexibility index (Phi) is 3.89. The molecule has 1 aromatic rings. The van der Waals surface area contributed by atoms with E-state index in [1.807, 2.05) is 24.3 Å². The van der Waals surface area contributed by atoms with Crippen molar-refractivity contribution < 1.29 is 9.84 Å². The van der Waals surface area contributed by atoms with Gasteiger partial charge in [0.05, 0.1) is 12.7 Å². The molecular formula is C10H15NO2. The first kappa shape index (κ1) is 10.2. The van der Waals surface area contributed by atoms with Gasteiger partial charge in [-0.25, -0.2) is 0 Å². The van der Waals surface area contributed by atoms with Crippen LogP contribution in [-0.4, -0.2) is 18.8 Å². The number of hydrogen-bond donors (Lipinski definition) is 2. The van der Waals surface area contributed by atoms with E-state index in [2.05, 4.69) is 0 Å². The van der Waals surface area contributed by atoms with E-state index in [1.165, 1.54) is 0 Å². The van der Waals surface area contributed by atoms with Gasteiger partial charge in [-0.15, -0.1) is 0 Å². The van der Waals surface area contributed by atoms with Gasteiger partial charge >= 0.3 is 0 Å². The van der Waals surface area contributed by atoms with Crippen LogP contribution in [0.1, 0.15) is 17.2 Å². The van der Waals surface area contributed by atoms with E-state index in [0.29, 0.717) is 6.61 Å². The second-order valence-electron chi connectivity index (χ2n) is 2.93. The number of nitrogens with two attached hydrogens (primary N) is 1. The zero-order chi connectivity index (χ0) is 9.68. The van der Waals surface area contributed by atoms with Gasteiger partial charge < -0.3 is 15.6 Å². The Morgan fingerprint density at radius 2 is 2.31 bits per heavy atom. The van der Waals surface area contributed by atoms with Gasteiger partial charge in [-0.1, -0.05) is 24.3 Å². The Morgan fingerprint density at radius 1 is 1.54 bits per heavy atom. The van der Waals surface area contributed by atoms with Crippen molar-refractivity contribution in [1.82, 2.24) is 0 Å². The summed E-state index contributed by atoms with van der Waals surface area (Å²) in [4.78, 5) is 0. The zero-order valence-electron chi connectivity index (χ0n) is 7.73. The van der Waals surface area contributed by atoms with Crippen molar-refractivity contribution in [1.29, 1.82) is 0 Å². The molecule has 1 rings (SSSR count). The Balaban J connectivity index is 2.78. The summed E-state index contributed by atoms with van der Waals surface area (Å²) in [6, 6.07) is 7.61. The highest BCUT2D eigenvalue weighted by Gasteiger charge is 2.04. The van der Waals surface area contributed by atoms with E-state index in [0.717, 1.165) is 11.1 Å². The van der Waals surface area contributed by atoms with Gasteiger partial charge in [0.2, 0.25) is 0 Å². The molecule has 0 unspecified atom stereocenters. The van der Waals surface area contributed by atoms with Crippen molar-refractivity contribution in [2.24, 2.45) is 5.73 Å². The van der Waals surface area contributed by atoms with Crippen LogP contribution in [0.3, 0.4) is 0 Å². The molecule has 0 amide bonds. The van der Waals surface area contributed by atoms with E-state index in [1.54, 1.807) is 7.11 Å². The average Bonchev–Trinajstić information content (AvgIpc) is 2.18. The summed E-state index contributed by atoms with van der Waals surface area (Å²) in [5.41, 5.74) is 7.24. The fraction of sp³-hybridized carbons (Fsp3) is 0.400. The van der Waals surface area contributed by atoms with Crippen molar-refractivity contribution in [3.8, 4) is 0 Å². The second kappa shape index (κ2) is 4.97. The molecule has 0 bridgehead atoms. The summed E-state index contributed by atoms with van der Waals surface area (Å²) in [6.07, 6.45) is -0.572. The fourth-order valence-electron chi connectivity index (χ4n) is 1.19. The maximum atomic E-state index is 9.46. The van der Waals surface area contributed by atoms with E-state index >= 15 is 0 Å².